The lowest BCUT2D eigenvalue weighted by atomic mass is 10.3. The van der Waals surface area contributed by atoms with Gasteiger partial charge in [0.1, 0.15) is 5.82 Å². The summed E-state index contributed by atoms with van der Waals surface area (Å²) in [4.78, 5) is 4.35. The highest BCUT2D eigenvalue weighted by Gasteiger charge is 2.21. The molecule has 1 aromatic carbocycles. The first-order valence-electron chi connectivity index (χ1n) is 6.79. The Bertz CT molecular complexity index is 687. The number of hydrogen-bond acceptors (Lipinski definition) is 4. The van der Waals surface area contributed by atoms with Gasteiger partial charge in [-0.3, -0.25) is 4.31 Å². The van der Waals surface area contributed by atoms with E-state index in [-0.39, 0.29) is 4.90 Å². The van der Waals surface area contributed by atoms with Crippen molar-refractivity contribution in [3.8, 4) is 0 Å². The Kier molecular flexibility index (Phi) is 4.80. The summed E-state index contributed by atoms with van der Waals surface area (Å²) >= 11 is 0. The molecule has 0 fully saturated rings. The van der Waals surface area contributed by atoms with Gasteiger partial charge in [-0.05, 0) is 24.6 Å². The summed E-state index contributed by atoms with van der Waals surface area (Å²) in [5.41, 5.74) is 0.623. The smallest absolute Gasteiger partial charge is 0.264 e. The number of rotatable bonds is 6. The molecule has 0 bridgehead atoms. The van der Waals surface area contributed by atoms with E-state index < -0.39 is 10.0 Å². The predicted molar refractivity (Wildman–Crippen MR) is 85.0 cm³/mol. The molecule has 2 rings (SSSR count). The van der Waals surface area contributed by atoms with Crippen LogP contribution in [0.15, 0.2) is 53.6 Å². The van der Waals surface area contributed by atoms with Crippen LogP contribution in [0.1, 0.15) is 13.3 Å². The van der Waals surface area contributed by atoms with Crippen LogP contribution in [0.4, 0.5) is 11.5 Å². The maximum Gasteiger partial charge on any atom is 0.264 e. The number of nitrogens with zero attached hydrogens (tertiary/aromatic N) is 2. The van der Waals surface area contributed by atoms with E-state index in [1.165, 1.54) is 16.6 Å². The number of hydrogen-bond donors (Lipinski definition) is 1. The fourth-order valence-corrected chi connectivity index (χ4v) is 3.07. The molecule has 6 heteroatoms. The van der Waals surface area contributed by atoms with Crippen molar-refractivity contribution in [1.82, 2.24) is 4.98 Å². The Morgan fingerprint density at radius 1 is 1.19 bits per heavy atom. The second kappa shape index (κ2) is 6.58. The fourth-order valence-electron chi connectivity index (χ4n) is 1.86. The van der Waals surface area contributed by atoms with E-state index in [4.69, 9.17) is 0 Å². The highest BCUT2D eigenvalue weighted by Crippen LogP contribution is 2.22. The van der Waals surface area contributed by atoms with Crippen LogP contribution in [-0.4, -0.2) is 27.0 Å². The number of para-hydroxylation sites is 1. The molecule has 0 radical (unpaired) electrons. The maximum absolute atomic E-state index is 12.6. The van der Waals surface area contributed by atoms with Crippen molar-refractivity contribution < 1.29 is 8.42 Å². The van der Waals surface area contributed by atoms with Gasteiger partial charge < -0.3 is 5.32 Å². The molecule has 0 aliphatic rings. The van der Waals surface area contributed by atoms with E-state index >= 15 is 0 Å². The van der Waals surface area contributed by atoms with Crippen molar-refractivity contribution in [3.05, 3.63) is 48.7 Å². The van der Waals surface area contributed by atoms with E-state index in [2.05, 4.69) is 10.3 Å². The Morgan fingerprint density at radius 2 is 1.90 bits per heavy atom. The highest BCUT2D eigenvalue weighted by molar-refractivity contribution is 7.92. The zero-order chi connectivity index (χ0) is 15.3. The van der Waals surface area contributed by atoms with Crippen LogP contribution in [0.3, 0.4) is 0 Å². The number of nitrogens with one attached hydrogen (secondary N) is 1. The summed E-state index contributed by atoms with van der Waals surface area (Å²) in [6.45, 7) is 2.79. The topological polar surface area (TPSA) is 62.3 Å². The molecule has 1 N–H and O–H groups in total. The molecule has 0 aliphatic heterocycles. The Morgan fingerprint density at radius 3 is 2.57 bits per heavy atom. The van der Waals surface area contributed by atoms with Crippen LogP contribution in [0, 0.1) is 0 Å². The van der Waals surface area contributed by atoms with Crippen LogP contribution in [-0.2, 0) is 10.0 Å². The van der Waals surface area contributed by atoms with Crippen molar-refractivity contribution >= 4 is 21.5 Å². The van der Waals surface area contributed by atoms with Crippen molar-refractivity contribution in [1.29, 1.82) is 0 Å². The molecule has 0 saturated carbocycles. The minimum absolute atomic E-state index is 0.224. The summed E-state index contributed by atoms with van der Waals surface area (Å²) in [5.74, 6) is 0.569. The second-order valence-electron chi connectivity index (χ2n) is 4.61. The standard InChI is InChI=1S/C15H19N3O2S/c1-3-10-16-15-12-14(9-11-17-15)21(19,20)18(2)13-7-5-4-6-8-13/h4-9,11-12H,3,10H2,1-2H3,(H,16,17). The van der Waals surface area contributed by atoms with Crippen LogP contribution in [0.25, 0.3) is 0 Å². The average molecular weight is 305 g/mol. The van der Waals surface area contributed by atoms with E-state index in [1.54, 1.807) is 25.2 Å². The van der Waals surface area contributed by atoms with E-state index in [9.17, 15) is 8.42 Å². The second-order valence-corrected chi connectivity index (χ2v) is 6.58. The van der Waals surface area contributed by atoms with E-state index in [1.807, 2.05) is 25.1 Å². The lowest BCUT2D eigenvalue weighted by molar-refractivity contribution is 0.594. The highest BCUT2D eigenvalue weighted by atomic mass is 32.2. The molecule has 21 heavy (non-hydrogen) atoms. The molecular formula is C15H19N3O2S. The molecule has 0 saturated heterocycles. The maximum atomic E-state index is 12.6. The van der Waals surface area contributed by atoms with Gasteiger partial charge in [0.15, 0.2) is 0 Å². The number of pyridine rings is 1. The van der Waals surface area contributed by atoms with Gasteiger partial charge in [-0.1, -0.05) is 25.1 Å². The quantitative estimate of drug-likeness (QED) is 0.891. The van der Waals surface area contributed by atoms with Gasteiger partial charge in [0.05, 0.1) is 10.6 Å². The molecule has 112 valence electrons. The molecule has 0 unspecified atom stereocenters. The van der Waals surface area contributed by atoms with Crippen LogP contribution >= 0.6 is 0 Å². The van der Waals surface area contributed by atoms with Gasteiger partial charge in [-0.15, -0.1) is 0 Å². The Hall–Kier alpha value is -2.08. The first kappa shape index (κ1) is 15.3. The molecule has 0 aliphatic carbocycles. The summed E-state index contributed by atoms with van der Waals surface area (Å²) < 4.78 is 26.5. The van der Waals surface area contributed by atoms with Gasteiger partial charge >= 0.3 is 0 Å². The molecule has 1 heterocycles. The third-order valence-corrected chi connectivity index (χ3v) is 4.85. The van der Waals surface area contributed by atoms with Crippen molar-refractivity contribution in [3.63, 3.8) is 0 Å². The summed E-state index contributed by atoms with van der Waals surface area (Å²) in [6.07, 6.45) is 2.45. The third kappa shape index (κ3) is 3.52. The zero-order valence-corrected chi connectivity index (χ0v) is 13.0. The minimum atomic E-state index is -3.59. The lowest BCUT2D eigenvalue weighted by Gasteiger charge is -2.19. The predicted octanol–water partition coefficient (Wildman–Crippen LogP) is 2.73. The largest absolute Gasteiger partial charge is 0.370 e. The van der Waals surface area contributed by atoms with Crippen LogP contribution in [0.2, 0.25) is 0 Å². The first-order chi connectivity index (χ1) is 10.1. The lowest BCUT2D eigenvalue weighted by Crippen LogP contribution is -2.26. The third-order valence-electron chi connectivity index (χ3n) is 3.07. The van der Waals surface area contributed by atoms with E-state index in [0.29, 0.717) is 11.5 Å². The first-order valence-corrected chi connectivity index (χ1v) is 8.23. The summed E-state index contributed by atoms with van der Waals surface area (Å²) in [7, 11) is -2.04. The number of sulfonamides is 1. The van der Waals surface area contributed by atoms with Gasteiger partial charge in [0.2, 0.25) is 0 Å². The van der Waals surface area contributed by atoms with Crippen molar-refractivity contribution in [2.75, 3.05) is 23.2 Å². The molecule has 1 aromatic heterocycles. The molecular weight excluding hydrogens is 286 g/mol. The molecule has 5 nitrogen and oxygen atoms in total. The SMILES string of the molecule is CCCNc1cc(S(=O)(=O)N(C)c2ccccc2)ccn1. The van der Waals surface area contributed by atoms with Gasteiger partial charge in [0.25, 0.3) is 10.0 Å². The van der Waals surface area contributed by atoms with Crippen LogP contribution < -0.4 is 9.62 Å². The van der Waals surface area contributed by atoms with E-state index in [0.717, 1.165) is 13.0 Å². The summed E-state index contributed by atoms with van der Waals surface area (Å²) in [5, 5.41) is 3.09. The normalized spacial score (nSPS) is 11.1. The number of aromatic nitrogens is 1. The van der Waals surface area contributed by atoms with Gasteiger partial charge in [0, 0.05) is 25.9 Å². The van der Waals surface area contributed by atoms with Crippen molar-refractivity contribution in [2.45, 2.75) is 18.2 Å². The van der Waals surface area contributed by atoms with Gasteiger partial charge in [-0.2, -0.15) is 0 Å². The monoisotopic (exact) mass is 305 g/mol. The zero-order valence-electron chi connectivity index (χ0n) is 12.2. The minimum Gasteiger partial charge on any atom is -0.370 e. The van der Waals surface area contributed by atoms with Crippen LogP contribution in [0.5, 0.6) is 0 Å². The molecule has 0 atom stereocenters. The number of anilines is 2. The van der Waals surface area contributed by atoms with Gasteiger partial charge in [-0.25, -0.2) is 13.4 Å². The number of benzene rings is 1. The Labute approximate surface area is 125 Å². The molecule has 2 aromatic rings. The van der Waals surface area contributed by atoms with Crippen molar-refractivity contribution in [2.24, 2.45) is 0 Å². The molecule has 0 spiro atoms. The molecule has 0 amide bonds. The fraction of sp³-hybridized carbons (Fsp3) is 0.267. The average Bonchev–Trinajstić information content (AvgIpc) is 2.53. The Balaban J connectivity index is 2.31. The summed E-state index contributed by atoms with van der Waals surface area (Å²) in [6, 6.07) is 12.0.